The number of hydrogen-bond acceptors (Lipinski definition) is 4. The Labute approximate surface area is 114 Å². The average Bonchev–Trinajstić information content (AvgIpc) is 2.83. The van der Waals surface area contributed by atoms with E-state index >= 15 is 0 Å². The van der Waals surface area contributed by atoms with Gasteiger partial charge in [-0.05, 0) is 43.2 Å². The summed E-state index contributed by atoms with van der Waals surface area (Å²) >= 11 is 1.22. The van der Waals surface area contributed by atoms with Gasteiger partial charge in [-0.25, -0.2) is 8.78 Å². The first-order valence-corrected chi connectivity index (χ1v) is 6.88. The lowest BCUT2D eigenvalue weighted by atomic mass is 10.0. The van der Waals surface area contributed by atoms with Crippen molar-refractivity contribution in [1.82, 2.24) is 14.9 Å². The molecule has 2 rings (SSSR count). The molecule has 0 aliphatic rings. The SMILES string of the molecule is CCCc1nnsc1C(NC)c1cc(F)ccc1F. The number of halogens is 2. The predicted octanol–water partition coefficient (Wildman–Crippen LogP) is 3.08. The quantitative estimate of drug-likeness (QED) is 0.916. The molecule has 0 spiro atoms. The Morgan fingerprint density at radius 1 is 1.37 bits per heavy atom. The molecule has 0 aliphatic carbocycles. The molecule has 0 fully saturated rings. The molecule has 1 unspecified atom stereocenters. The van der Waals surface area contributed by atoms with Gasteiger partial charge < -0.3 is 5.32 Å². The molecule has 0 saturated carbocycles. The lowest BCUT2D eigenvalue weighted by Gasteiger charge is -2.16. The van der Waals surface area contributed by atoms with Crippen molar-refractivity contribution in [1.29, 1.82) is 0 Å². The van der Waals surface area contributed by atoms with Gasteiger partial charge in [0.25, 0.3) is 0 Å². The van der Waals surface area contributed by atoms with E-state index in [1.54, 1.807) is 7.05 Å². The maximum absolute atomic E-state index is 13.9. The topological polar surface area (TPSA) is 37.8 Å². The highest BCUT2D eigenvalue weighted by Gasteiger charge is 2.22. The van der Waals surface area contributed by atoms with Gasteiger partial charge in [-0.2, -0.15) is 0 Å². The molecule has 102 valence electrons. The predicted molar refractivity (Wildman–Crippen MR) is 71.2 cm³/mol. The molecule has 2 aromatic rings. The fraction of sp³-hybridized carbons (Fsp3) is 0.385. The maximum atomic E-state index is 13.9. The fourth-order valence-electron chi connectivity index (χ4n) is 2.01. The molecule has 3 nitrogen and oxygen atoms in total. The molecule has 0 radical (unpaired) electrons. The summed E-state index contributed by atoms with van der Waals surface area (Å²) in [5.41, 5.74) is 1.13. The summed E-state index contributed by atoms with van der Waals surface area (Å²) in [7, 11) is 1.71. The third kappa shape index (κ3) is 2.96. The molecular formula is C13H15F2N3S. The average molecular weight is 283 g/mol. The van der Waals surface area contributed by atoms with Crippen LogP contribution in [0.1, 0.15) is 35.5 Å². The van der Waals surface area contributed by atoms with Gasteiger partial charge in [0.1, 0.15) is 11.6 Å². The van der Waals surface area contributed by atoms with Crippen molar-refractivity contribution >= 4 is 11.5 Å². The lowest BCUT2D eigenvalue weighted by Crippen LogP contribution is -2.19. The zero-order chi connectivity index (χ0) is 13.8. The van der Waals surface area contributed by atoms with Crippen LogP contribution < -0.4 is 5.32 Å². The summed E-state index contributed by atoms with van der Waals surface area (Å²) in [6.45, 7) is 2.04. The second-order valence-electron chi connectivity index (χ2n) is 4.22. The number of nitrogens with zero attached hydrogens (tertiary/aromatic N) is 2. The highest BCUT2D eigenvalue weighted by Crippen LogP contribution is 2.29. The fourth-order valence-corrected chi connectivity index (χ4v) is 2.83. The van der Waals surface area contributed by atoms with Crippen LogP contribution >= 0.6 is 11.5 Å². The highest BCUT2D eigenvalue weighted by molar-refractivity contribution is 7.05. The Morgan fingerprint density at radius 2 is 2.16 bits per heavy atom. The van der Waals surface area contributed by atoms with Crippen LogP contribution in [-0.2, 0) is 6.42 Å². The Balaban J connectivity index is 2.44. The molecule has 1 aromatic heterocycles. The number of hydrogen-bond donors (Lipinski definition) is 1. The second kappa shape index (κ2) is 6.16. The van der Waals surface area contributed by atoms with Gasteiger partial charge in [0.15, 0.2) is 0 Å². The minimum absolute atomic E-state index is 0.283. The highest BCUT2D eigenvalue weighted by atomic mass is 32.1. The summed E-state index contributed by atoms with van der Waals surface area (Å²) in [4.78, 5) is 0.842. The molecule has 1 N–H and O–H groups in total. The third-order valence-electron chi connectivity index (χ3n) is 2.89. The van der Waals surface area contributed by atoms with Crippen LogP contribution in [0.3, 0.4) is 0 Å². The van der Waals surface area contributed by atoms with E-state index < -0.39 is 17.7 Å². The first-order chi connectivity index (χ1) is 9.17. The Bertz CT molecular complexity index is 557. The molecule has 0 saturated heterocycles. The minimum atomic E-state index is -0.453. The zero-order valence-electron chi connectivity index (χ0n) is 10.8. The molecule has 1 heterocycles. The van der Waals surface area contributed by atoms with E-state index in [-0.39, 0.29) is 5.56 Å². The molecular weight excluding hydrogens is 268 g/mol. The summed E-state index contributed by atoms with van der Waals surface area (Å²) in [5.74, 6) is -0.886. The van der Waals surface area contributed by atoms with Crippen molar-refractivity contribution < 1.29 is 8.78 Å². The van der Waals surface area contributed by atoms with Crippen LogP contribution in [0.5, 0.6) is 0 Å². The van der Waals surface area contributed by atoms with E-state index in [0.29, 0.717) is 0 Å². The van der Waals surface area contributed by atoms with Gasteiger partial charge >= 0.3 is 0 Å². The maximum Gasteiger partial charge on any atom is 0.128 e. The van der Waals surface area contributed by atoms with Gasteiger partial charge in [-0.3, -0.25) is 0 Å². The van der Waals surface area contributed by atoms with Gasteiger partial charge in [-0.15, -0.1) is 5.10 Å². The van der Waals surface area contributed by atoms with Gasteiger partial charge in [0, 0.05) is 5.56 Å². The van der Waals surface area contributed by atoms with Crippen LogP contribution in [0.4, 0.5) is 8.78 Å². The molecule has 6 heteroatoms. The van der Waals surface area contributed by atoms with Crippen LogP contribution in [-0.4, -0.2) is 16.6 Å². The summed E-state index contributed by atoms with van der Waals surface area (Å²) < 4.78 is 31.1. The molecule has 1 atom stereocenters. The van der Waals surface area contributed by atoms with E-state index in [4.69, 9.17) is 0 Å². The van der Waals surface area contributed by atoms with E-state index in [2.05, 4.69) is 14.9 Å². The molecule has 1 aromatic carbocycles. The Kier molecular flexibility index (Phi) is 4.55. The van der Waals surface area contributed by atoms with Gasteiger partial charge in [-0.1, -0.05) is 17.8 Å². The monoisotopic (exact) mass is 283 g/mol. The Morgan fingerprint density at radius 3 is 2.84 bits per heavy atom. The smallest absolute Gasteiger partial charge is 0.128 e. The van der Waals surface area contributed by atoms with E-state index in [9.17, 15) is 8.78 Å². The number of aryl methyl sites for hydroxylation is 1. The number of aromatic nitrogens is 2. The van der Waals surface area contributed by atoms with Crippen LogP contribution in [0.2, 0.25) is 0 Å². The summed E-state index contributed by atoms with van der Waals surface area (Å²) in [6, 6.07) is 3.05. The van der Waals surface area contributed by atoms with Gasteiger partial charge in [0.2, 0.25) is 0 Å². The number of benzene rings is 1. The first-order valence-electron chi connectivity index (χ1n) is 6.10. The van der Waals surface area contributed by atoms with Crippen LogP contribution in [0.25, 0.3) is 0 Å². The van der Waals surface area contributed by atoms with Crippen molar-refractivity contribution in [3.63, 3.8) is 0 Å². The largest absolute Gasteiger partial charge is 0.308 e. The van der Waals surface area contributed by atoms with Crippen molar-refractivity contribution in [2.24, 2.45) is 0 Å². The van der Waals surface area contributed by atoms with Crippen molar-refractivity contribution in [2.75, 3.05) is 7.05 Å². The molecule has 0 amide bonds. The Hall–Kier alpha value is -1.40. The molecule has 0 bridgehead atoms. The van der Waals surface area contributed by atoms with Crippen LogP contribution in [0.15, 0.2) is 18.2 Å². The van der Waals surface area contributed by atoms with E-state index in [1.165, 1.54) is 17.6 Å². The third-order valence-corrected chi connectivity index (χ3v) is 3.72. The second-order valence-corrected chi connectivity index (χ2v) is 5.01. The van der Waals surface area contributed by atoms with E-state index in [1.807, 2.05) is 6.92 Å². The molecule has 0 aliphatic heterocycles. The molecule has 19 heavy (non-hydrogen) atoms. The summed E-state index contributed by atoms with van der Waals surface area (Å²) in [6.07, 6.45) is 1.71. The standard InChI is InChI=1S/C13H15F2N3S/c1-3-4-11-13(19-18-17-11)12(16-2)9-7-8(14)5-6-10(9)15/h5-7,12,16H,3-4H2,1-2H3. The summed E-state index contributed by atoms with van der Waals surface area (Å²) in [5, 5.41) is 7.08. The minimum Gasteiger partial charge on any atom is -0.308 e. The zero-order valence-corrected chi connectivity index (χ0v) is 11.6. The normalized spacial score (nSPS) is 12.6. The van der Waals surface area contributed by atoms with Gasteiger partial charge in [0.05, 0.1) is 16.6 Å². The first kappa shape index (κ1) is 14.0. The van der Waals surface area contributed by atoms with Crippen molar-refractivity contribution in [2.45, 2.75) is 25.8 Å². The van der Waals surface area contributed by atoms with Crippen molar-refractivity contribution in [3.8, 4) is 0 Å². The number of nitrogens with one attached hydrogen (secondary N) is 1. The van der Waals surface area contributed by atoms with Crippen molar-refractivity contribution in [3.05, 3.63) is 46.0 Å². The number of rotatable bonds is 5. The van der Waals surface area contributed by atoms with Crippen LogP contribution in [0, 0.1) is 11.6 Å². The van der Waals surface area contributed by atoms with E-state index in [0.717, 1.165) is 35.5 Å². The lowest BCUT2D eigenvalue weighted by molar-refractivity contribution is 0.559.